The number of nitrogens with one attached hydrogen (secondary N) is 1. The van der Waals surface area contributed by atoms with Crippen molar-refractivity contribution in [1.29, 1.82) is 0 Å². The first kappa shape index (κ1) is 18.2. The van der Waals surface area contributed by atoms with Crippen LogP contribution in [0.5, 0.6) is 0 Å². The minimum Gasteiger partial charge on any atom is -0.481 e. The van der Waals surface area contributed by atoms with Crippen LogP contribution >= 0.6 is 0 Å². The Labute approximate surface area is 137 Å². The standard InChI is InChI=1S/C16H27NO5S/c1-23(21,22)11-16(8-9-16)10-14(18)17-13-7-5-3-2-4-6-12(13)15(19)20/h12-13H,2-11H2,1H3,(H,17,18)(H,19,20). The van der Waals surface area contributed by atoms with E-state index in [9.17, 15) is 23.1 Å². The lowest BCUT2D eigenvalue weighted by molar-refractivity contribution is -0.143. The number of carbonyl (C=O) groups excluding carboxylic acids is 1. The average Bonchev–Trinajstić information content (AvgIpc) is 3.08. The lowest BCUT2D eigenvalue weighted by Gasteiger charge is -2.28. The van der Waals surface area contributed by atoms with Crippen molar-refractivity contribution in [3.63, 3.8) is 0 Å². The number of aliphatic carboxylic acids is 1. The highest BCUT2D eigenvalue weighted by molar-refractivity contribution is 7.90. The third kappa shape index (κ3) is 5.79. The Morgan fingerprint density at radius 3 is 2.26 bits per heavy atom. The Morgan fingerprint density at radius 1 is 1.13 bits per heavy atom. The van der Waals surface area contributed by atoms with Crippen LogP contribution in [0.2, 0.25) is 0 Å². The highest BCUT2D eigenvalue weighted by atomic mass is 32.2. The van der Waals surface area contributed by atoms with Gasteiger partial charge in [-0.1, -0.05) is 25.7 Å². The van der Waals surface area contributed by atoms with Crippen molar-refractivity contribution in [2.75, 3.05) is 12.0 Å². The predicted octanol–water partition coefficient (Wildman–Crippen LogP) is 1.74. The molecule has 0 aromatic heterocycles. The fourth-order valence-electron chi connectivity index (χ4n) is 3.66. The summed E-state index contributed by atoms with van der Waals surface area (Å²) in [6.45, 7) is 0. The summed E-state index contributed by atoms with van der Waals surface area (Å²) in [5.74, 6) is -1.55. The summed E-state index contributed by atoms with van der Waals surface area (Å²) < 4.78 is 22.9. The summed E-state index contributed by atoms with van der Waals surface area (Å²) in [6, 6.07) is -0.339. The molecule has 0 saturated heterocycles. The molecule has 2 saturated carbocycles. The fraction of sp³-hybridized carbons (Fsp3) is 0.875. The van der Waals surface area contributed by atoms with Gasteiger partial charge in [0.05, 0.1) is 11.7 Å². The summed E-state index contributed by atoms with van der Waals surface area (Å²) in [7, 11) is -3.11. The van der Waals surface area contributed by atoms with E-state index in [1.165, 1.54) is 6.26 Å². The first-order chi connectivity index (χ1) is 10.7. The molecule has 0 radical (unpaired) electrons. The van der Waals surface area contributed by atoms with Crippen LogP contribution in [0.25, 0.3) is 0 Å². The summed E-state index contributed by atoms with van der Waals surface area (Å²) in [5.41, 5.74) is -0.419. The van der Waals surface area contributed by atoms with Crippen molar-refractivity contribution < 1.29 is 23.1 Å². The van der Waals surface area contributed by atoms with E-state index in [4.69, 9.17) is 0 Å². The zero-order chi connectivity index (χ0) is 17.1. The Hall–Kier alpha value is -1.11. The first-order valence-corrected chi connectivity index (χ1v) is 10.5. The second-order valence-corrected chi connectivity index (χ2v) is 9.50. The van der Waals surface area contributed by atoms with Crippen LogP contribution in [-0.2, 0) is 19.4 Å². The van der Waals surface area contributed by atoms with E-state index in [2.05, 4.69) is 5.32 Å². The molecule has 7 heteroatoms. The Balaban J connectivity index is 1.95. The molecule has 6 nitrogen and oxygen atoms in total. The van der Waals surface area contributed by atoms with Crippen molar-refractivity contribution in [1.82, 2.24) is 5.32 Å². The fourth-order valence-corrected chi connectivity index (χ4v) is 5.16. The molecule has 0 heterocycles. The van der Waals surface area contributed by atoms with Crippen molar-refractivity contribution in [3.05, 3.63) is 0 Å². The molecule has 2 aliphatic carbocycles. The summed E-state index contributed by atoms with van der Waals surface area (Å²) in [4.78, 5) is 23.8. The number of sulfone groups is 1. The number of amides is 1. The minimum absolute atomic E-state index is 0.0421. The van der Waals surface area contributed by atoms with Crippen LogP contribution in [0, 0.1) is 11.3 Å². The van der Waals surface area contributed by atoms with E-state index in [1.54, 1.807) is 0 Å². The van der Waals surface area contributed by atoms with E-state index in [-0.39, 0.29) is 24.1 Å². The van der Waals surface area contributed by atoms with Gasteiger partial charge in [-0.2, -0.15) is 0 Å². The van der Waals surface area contributed by atoms with Gasteiger partial charge in [0.2, 0.25) is 5.91 Å². The van der Waals surface area contributed by atoms with Crippen LogP contribution in [0.15, 0.2) is 0 Å². The van der Waals surface area contributed by atoms with Gasteiger partial charge in [0.1, 0.15) is 9.84 Å². The van der Waals surface area contributed by atoms with Gasteiger partial charge in [0.15, 0.2) is 0 Å². The largest absolute Gasteiger partial charge is 0.481 e. The minimum atomic E-state index is -3.11. The summed E-state index contributed by atoms with van der Waals surface area (Å²) in [5, 5.41) is 12.3. The molecule has 132 valence electrons. The van der Waals surface area contributed by atoms with E-state index in [1.807, 2.05) is 0 Å². The smallest absolute Gasteiger partial charge is 0.308 e. The Bertz CT molecular complexity index is 553. The summed E-state index contributed by atoms with van der Waals surface area (Å²) >= 11 is 0. The molecule has 2 rings (SSSR count). The van der Waals surface area contributed by atoms with Gasteiger partial charge in [-0.05, 0) is 31.1 Å². The second kappa shape index (κ2) is 7.20. The number of hydrogen-bond acceptors (Lipinski definition) is 4. The molecular formula is C16H27NO5S. The number of hydrogen-bond donors (Lipinski definition) is 2. The van der Waals surface area contributed by atoms with Gasteiger partial charge in [0.25, 0.3) is 0 Å². The predicted molar refractivity (Wildman–Crippen MR) is 86.8 cm³/mol. The van der Waals surface area contributed by atoms with Crippen molar-refractivity contribution >= 4 is 21.7 Å². The van der Waals surface area contributed by atoms with Crippen LogP contribution in [0.3, 0.4) is 0 Å². The molecule has 23 heavy (non-hydrogen) atoms. The molecule has 2 fully saturated rings. The van der Waals surface area contributed by atoms with Crippen molar-refractivity contribution in [3.8, 4) is 0 Å². The monoisotopic (exact) mass is 345 g/mol. The third-order valence-electron chi connectivity index (χ3n) is 4.99. The molecule has 2 atom stereocenters. The summed E-state index contributed by atoms with van der Waals surface area (Å²) in [6.07, 6.45) is 8.06. The molecule has 0 aromatic carbocycles. The molecule has 1 amide bonds. The maximum Gasteiger partial charge on any atom is 0.308 e. The first-order valence-electron chi connectivity index (χ1n) is 8.41. The Morgan fingerprint density at radius 2 is 1.74 bits per heavy atom. The molecule has 0 spiro atoms. The molecule has 0 bridgehead atoms. The molecular weight excluding hydrogens is 318 g/mol. The number of carboxylic acids is 1. The van der Waals surface area contributed by atoms with Gasteiger partial charge < -0.3 is 10.4 Å². The van der Waals surface area contributed by atoms with Crippen LogP contribution in [-0.4, -0.2) is 43.5 Å². The molecule has 0 aromatic rings. The van der Waals surface area contributed by atoms with E-state index in [0.29, 0.717) is 12.8 Å². The van der Waals surface area contributed by atoms with E-state index in [0.717, 1.165) is 38.5 Å². The van der Waals surface area contributed by atoms with Crippen LogP contribution < -0.4 is 5.32 Å². The number of carbonyl (C=O) groups is 2. The van der Waals surface area contributed by atoms with Crippen LogP contribution in [0.4, 0.5) is 0 Å². The maximum atomic E-state index is 12.3. The molecule has 2 aliphatic rings. The topological polar surface area (TPSA) is 101 Å². The van der Waals surface area contributed by atoms with Crippen molar-refractivity contribution in [2.24, 2.45) is 11.3 Å². The average molecular weight is 345 g/mol. The Kier molecular flexibility index (Phi) is 5.70. The number of carboxylic acid groups (broad SMARTS) is 1. The zero-order valence-corrected chi connectivity index (χ0v) is 14.5. The van der Waals surface area contributed by atoms with Gasteiger partial charge in [-0.3, -0.25) is 9.59 Å². The SMILES string of the molecule is CS(=O)(=O)CC1(CC(=O)NC2CCCCCCC2C(=O)O)CC1. The highest BCUT2D eigenvalue weighted by Crippen LogP contribution is 2.49. The van der Waals surface area contributed by atoms with Crippen molar-refractivity contribution in [2.45, 2.75) is 63.8 Å². The normalized spacial score (nSPS) is 27.5. The molecule has 2 unspecified atom stereocenters. The van der Waals surface area contributed by atoms with Crippen LogP contribution in [0.1, 0.15) is 57.8 Å². The highest BCUT2D eigenvalue weighted by Gasteiger charge is 2.47. The maximum absolute atomic E-state index is 12.3. The molecule has 0 aliphatic heterocycles. The lowest BCUT2D eigenvalue weighted by Crippen LogP contribution is -2.44. The quantitative estimate of drug-likeness (QED) is 0.764. The van der Waals surface area contributed by atoms with Gasteiger partial charge in [-0.25, -0.2) is 8.42 Å². The van der Waals surface area contributed by atoms with E-state index < -0.39 is 27.1 Å². The number of rotatable bonds is 6. The lowest BCUT2D eigenvalue weighted by atomic mass is 9.86. The second-order valence-electron chi connectivity index (χ2n) is 7.36. The van der Waals surface area contributed by atoms with Gasteiger partial charge >= 0.3 is 5.97 Å². The molecule has 2 N–H and O–H groups in total. The van der Waals surface area contributed by atoms with Gasteiger partial charge in [-0.15, -0.1) is 0 Å². The van der Waals surface area contributed by atoms with Gasteiger partial charge in [0, 0.05) is 18.7 Å². The van der Waals surface area contributed by atoms with E-state index >= 15 is 0 Å². The zero-order valence-electron chi connectivity index (χ0n) is 13.7. The third-order valence-corrected chi connectivity index (χ3v) is 6.13.